The van der Waals surface area contributed by atoms with Crippen LogP contribution in [0, 0.1) is 0 Å². The maximum atomic E-state index is 4.83. The highest BCUT2D eigenvalue weighted by Gasteiger charge is 2.37. The molecule has 0 bridgehead atoms. The molecule has 0 unspecified atom stereocenters. The fourth-order valence-corrected chi connectivity index (χ4v) is 7.30. The molecule has 2 nitrogen and oxygen atoms in total. The van der Waals surface area contributed by atoms with Crippen LogP contribution < -0.4 is 4.90 Å². The first-order chi connectivity index (χ1) is 19.8. The van der Waals surface area contributed by atoms with Crippen LogP contribution in [-0.2, 0) is 10.8 Å². The van der Waals surface area contributed by atoms with Gasteiger partial charge in [-0.05, 0) is 104 Å². The minimum absolute atomic E-state index is 0.0631. The maximum Gasteiger partial charge on any atom is 0.137 e. The second-order valence-electron chi connectivity index (χ2n) is 12.5. The lowest BCUT2D eigenvalue weighted by Crippen LogP contribution is -2.17. The fourth-order valence-electron chi connectivity index (χ4n) is 7.30. The first-order valence-corrected chi connectivity index (χ1v) is 14.5. The van der Waals surface area contributed by atoms with Gasteiger partial charge in [0.2, 0.25) is 0 Å². The van der Waals surface area contributed by atoms with Gasteiger partial charge in [-0.15, -0.1) is 0 Å². The van der Waals surface area contributed by atoms with Crippen LogP contribution in [0.5, 0.6) is 0 Å². The number of benzene rings is 5. The highest BCUT2D eigenvalue weighted by Crippen LogP contribution is 2.53. The predicted molar refractivity (Wildman–Crippen MR) is 172 cm³/mol. The monoisotopic (exact) mass is 528 g/mol. The van der Waals surface area contributed by atoms with E-state index in [0.717, 1.165) is 17.2 Å². The molecular weight excluding hydrogens is 496 g/mol. The topological polar surface area (TPSA) is 16.1 Å². The molecule has 0 saturated carbocycles. The molecule has 198 valence electrons. The van der Waals surface area contributed by atoms with Crippen LogP contribution in [0.15, 0.2) is 121 Å². The van der Waals surface area contributed by atoms with Crippen LogP contribution in [0.4, 0.5) is 17.2 Å². The van der Waals surface area contributed by atoms with Crippen molar-refractivity contribution in [2.24, 2.45) is 0 Å². The van der Waals surface area contributed by atoms with Gasteiger partial charge in [0.05, 0.1) is 0 Å². The molecule has 2 heteroatoms. The third-order valence-electron chi connectivity index (χ3n) is 9.49. The predicted octanol–water partition coefficient (Wildman–Crippen LogP) is 10.3. The summed E-state index contributed by atoms with van der Waals surface area (Å²) in [5.74, 6) is 0.914. The van der Waals surface area contributed by atoms with Gasteiger partial charge in [0.25, 0.3) is 0 Å². The summed E-state index contributed by atoms with van der Waals surface area (Å²) in [4.78, 5) is 7.15. The molecule has 41 heavy (non-hydrogen) atoms. The molecule has 0 amide bonds. The Kier molecular flexibility index (Phi) is 4.95. The van der Waals surface area contributed by atoms with Gasteiger partial charge in [-0.2, -0.15) is 0 Å². The lowest BCUT2D eigenvalue weighted by atomic mass is 9.82. The van der Waals surface area contributed by atoms with Gasteiger partial charge in [0.1, 0.15) is 5.82 Å². The van der Waals surface area contributed by atoms with E-state index in [4.69, 9.17) is 4.98 Å². The average Bonchev–Trinajstić information content (AvgIpc) is 3.36. The number of nitrogens with zero attached hydrogens (tertiary/aromatic N) is 2. The Labute approximate surface area is 241 Å². The van der Waals surface area contributed by atoms with E-state index in [0.29, 0.717) is 0 Å². The van der Waals surface area contributed by atoms with Crippen LogP contribution in [0.2, 0.25) is 0 Å². The van der Waals surface area contributed by atoms with Crippen molar-refractivity contribution in [1.82, 2.24) is 4.98 Å². The van der Waals surface area contributed by atoms with Crippen molar-refractivity contribution in [2.75, 3.05) is 4.90 Å². The van der Waals surface area contributed by atoms with Crippen LogP contribution in [-0.4, -0.2) is 4.98 Å². The molecule has 0 N–H and O–H groups in total. The Hall–Kier alpha value is -4.69. The number of aromatic nitrogens is 1. The molecule has 0 spiro atoms. The highest BCUT2D eigenvalue weighted by atomic mass is 15.2. The molecule has 6 aromatic rings. The van der Waals surface area contributed by atoms with Gasteiger partial charge in [-0.25, -0.2) is 4.98 Å². The molecule has 0 saturated heterocycles. The van der Waals surface area contributed by atoms with E-state index >= 15 is 0 Å². The maximum absolute atomic E-state index is 4.83. The fraction of sp³-hybridized carbons (Fsp3) is 0.154. The number of rotatable bonds is 3. The van der Waals surface area contributed by atoms with E-state index in [1.54, 1.807) is 0 Å². The van der Waals surface area contributed by atoms with Gasteiger partial charge < -0.3 is 0 Å². The quantitative estimate of drug-likeness (QED) is 0.227. The highest BCUT2D eigenvalue weighted by molar-refractivity contribution is 5.95. The molecule has 2 aliphatic carbocycles. The molecule has 1 aromatic heterocycles. The van der Waals surface area contributed by atoms with E-state index in [1.807, 2.05) is 12.3 Å². The number of pyridine rings is 1. The first kappa shape index (κ1) is 24.1. The number of hydrogen-bond acceptors (Lipinski definition) is 2. The third-order valence-corrected chi connectivity index (χ3v) is 9.49. The molecule has 0 atom stereocenters. The number of fused-ring (bicyclic) bond motifs is 7. The molecule has 8 rings (SSSR count). The Balaban J connectivity index is 1.32. The summed E-state index contributed by atoms with van der Waals surface area (Å²) in [7, 11) is 0. The van der Waals surface area contributed by atoms with Crippen LogP contribution in [0.1, 0.15) is 49.9 Å². The van der Waals surface area contributed by atoms with Crippen LogP contribution >= 0.6 is 0 Å². The zero-order chi connectivity index (χ0) is 27.9. The van der Waals surface area contributed by atoms with Gasteiger partial charge in [-0.3, -0.25) is 4.90 Å². The largest absolute Gasteiger partial charge is 0.295 e. The summed E-state index contributed by atoms with van der Waals surface area (Å²) in [6, 6.07) is 42.3. The second-order valence-corrected chi connectivity index (χ2v) is 12.5. The summed E-state index contributed by atoms with van der Waals surface area (Å²) in [5, 5.41) is 2.58. The number of hydrogen-bond donors (Lipinski definition) is 0. The zero-order valence-corrected chi connectivity index (χ0v) is 23.9. The van der Waals surface area contributed by atoms with E-state index in [-0.39, 0.29) is 10.8 Å². The van der Waals surface area contributed by atoms with Gasteiger partial charge in [0.15, 0.2) is 0 Å². The van der Waals surface area contributed by atoms with Crippen molar-refractivity contribution in [3.63, 3.8) is 0 Å². The van der Waals surface area contributed by atoms with Gasteiger partial charge in [-0.1, -0.05) is 94.4 Å². The van der Waals surface area contributed by atoms with Crippen molar-refractivity contribution >= 4 is 28.0 Å². The summed E-state index contributed by atoms with van der Waals surface area (Å²) >= 11 is 0. The molecule has 5 aromatic carbocycles. The molecule has 0 fully saturated rings. The molecule has 2 aliphatic rings. The minimum atomic E-state index is -0.0698. The summed E-state index contributed by atoms with van der Waals surface area (Å²) in [6.45, 7) is 9.38. The van der Waals surface area contributed by atoms with E-state index in [2.05, 4.69) is 142 Å². The van der Waals surface area contributed by atoms with Crippen molar-refractivity contribution in [3.8, 4) is 22.3 Å². The van der Waals surface area contributed by atoms with Gasteiger partial charge >= 0.3 is 0 Å². The molecule has 0 aliphatic heterocycles. The minimum Gasteiger partial charge on any atom is -0.295 e. The summed E-state index contributed by atoms with van der Waals surface area (Å²) in [5.41, 5.74) is 12.9. The Bertz CT molecular complexity index is 2000. The van der Waals surface area contributed by atoms with Crippen molar-refractivity contribution in [3.05, 3.63) is 144 Å². The van der Waals surface area contributed by atoms with Crippen molar-refractivity contribution in [1.29, 1.82) is 0 Å². The average molecular weight is 529 g/mol. The Morgan fingerprint density at radius 2 is 1.05 bits per heavy atom. The Morgan fingerprint density at radius 1 is 0.463 bits per heavy atom. The number of anilines is 3. The van der Waals surface area contributed by atoms with Gasteiger partial charge in [0, 0.05) is 28.4 Å². The standard InChI is InChI=1S/C39H32N2/c1-38(2)33-14-8-7-13-29(33)30-18-16-28(24-36(30)38)41(37-15-9-10-20-40-37)27-17-19-34-32(23-27)31-21-25-11-5-6-12-26(25)22-35(31)39(34,3)4/h5-24H,1-4H3. The van der Waals surface area contributed by atoms with E-state index in [1.165, 1.54) is 55.3 Å². The normalized spacial score (nSPS) is 15.2. The summed E-state index contributed by atoms with van der Waals surface area (Å²) in [6.07, 6.45) is 1.88. The van der Waals surface area contributed by atoms with E-state index < -0.39 is 0 Å². The lowest BCUT2D eigenvalue weighted by Gasteiger charge is -2.28. The summed E-state index contributed by atoms with van der Waals surface area (Å²) < 4.78 is 0. The Morgan fingerprint density at radius 3 is 1.83 bits per heavy atom. The SMILES string of the molecule is CC1(C)c2ccccc2-c2ccc(N(c3ccc4c(c3)-c3cc5ccccc5cc3C4(C)C)c3ccccn3)cc21. The zero-order valence-electron chi connectivity index (χ0n) is 23.9. The smallest absolute Gasteiger partial charge is 0.137 e. The van der Waals surface area contributed by atoms with Crippen molar-refractivity contribution < 1.29 is 0 Å². The van der Waals surface area contributed by atoms with Crippen LogP contribution in [0.3, 0.4) is 0 Å². The molecular formula is C39H32N2. The molecule has 0 radical (unpaired) electrons. The second kappa shape index (κ2) is 8.41. The first-order valence-electron chi connectivity index (χ1n) is 14.5. The molecule has 1 heterocycles. The lowest BCUT2D eigenvalue weighted by molar-refractivity contribution is 0.660. The third kappa shape index (κ3) is 3.40. The van der Waals surface area contributed by atoms with Crippen LogP contribution in [0.25, 0.3) is 33.0 Å². The van der Waals surface area contributed by atoms with E-state index in [9.17, 15) is 0 Å². The van der Waals surface area contributed by atoms with Crippen molar-refractivity contribution in [2.45, 2.75) is 38.5 Å².